The first kappa shape index (κ1) is 11.6. The lowest BCUT2D eigenvalue weighted by molar-refractivity contribution is -0.123. The topological polar surface area (TPSA) is 38.8 Å². The first-order valence-electron chi connectivity index (χ1n) is 5.02. The molecule has 1 heterocycles. The van der Waals surface area contributed by atoms with Crippen molar-refractivity contribution in [2.45, 2.75) is 6.42 Å². The highest BCUT2D eigenvalue weighted by atomic mass is 16.5. The van der Waals surface area contributed by atoms with Crippen molar-refractivity contribution in [1.29, 1.82) is 0 Å². The lowest BCUT2D eigenvalue weighted by atomic mass is 10.0. The molecule has 1 atom stereocenters. The van der Waals surface area contributed by atoms with E-state index in [4.69, 9.17) is 9.47 Å². The van der Waals surface area contributed by atoms with Gasteiger partial charge in [0.15, 0.2) is 5.78 Å². The van der Waals surface area contributed by atoms with Crippen molar-refractivity contribution in [2.24, 2.45) is 5.92 Å². The number of ketones is 1. The summed E-state index contributed by atoms with van der Waals surface area (Å²) in [4.78, 5) is 13.6. The highest BCUT2D eigenvalue weighted by molar-refractivity contribution is 5.83. The molecule has 0 aromatic heterocycles. The van der Waals surface area contributed by atoms with Crippen LogP contribution in [0.3, 0.4) is 0 Å². The van der Waals surface area contributed by atoms with Gasteiger partial charge in [-0.15, -0.1) is 0 Å². The maximum atomic E-state index is 11.7. The maximum Gasteiger partial charge on any atom is 0.152 e. The number of hydrogen-bond donors (Lipinski definition) is 0. The monoisotopic (exact) mass is 201 g/mol. The van der Waals surface area contributed by atoms with E-state index in [-0.39, 0.29) is 5.92 Å². The summed E-state index contributed by atoms with van der Waals surface area (Å²) in [5, 5.41) is 0. The summed E-state index contributed by atoms with van der Waals surface area (Å²) >= 11 is 0. The fourth-order valence-corrected chi connectivity index (χ4v) is 1.51. The van der Waals surface area contributed by atoms with Crippen molar-refractivity contribution in [2.75, 3.05) is 47.1 Å². The quantitative estimate of drug-likeness (QED) is 0.614. The van der Waals surface area contributed by atoms with Crippen LogP contribution >= 0.6 is 0 Å². The second kappa shape index (κ2) is 6.11. The van der Waals surface area contributed by atoms with Gasteiger partial charge in [-0.05, 0) is 13.5 Å². The molecule has 0 aromatic carbocycles. The van der Waals surface area contributed by atoms with Crippen LogP contribution < -0.4 is 0 Å². The molecule has 0 bridgehead atoms. The lowest BCUT2D eigenvalue weighted by Gasteiger charge is -2.16. The van der Waals surface area contributed by atoms with Gasteiger partial charge in [-0.1, -0.05) is 0 Å². The van der Waals surface area contributed by atoms with Gasteiger partial charge < -0.3 is 9.47 Å². The van der Waals surface area contributed by atoms with Crippen LogP contribution in [0.4, 0.5) is 0 Å². The van der Waals surface area contributed by atoms with E-state index in [0.29, 0.717) is 25.5 Å². The first-order valence-corrected chi connectivity index (χ1v) is 5.02. The van der Waals surface area contributed by atoms with Crippen LogP contribution in [0, 0.1) is 5.92 Å². The van der Waals surface area contributed by atoms with Crippen LogP contribution in [0.15, 0.2) is 0 Å². The van der Waals surface area contributed by atoms with E-state index in [1.807, 2.05) is 11.9 Å². The molecule has 0 radical (unpaired) electrons. The lowest BCUT2D eigenvalue weighted by Crippen LogP contribution is -2.32. The van der Waals surface area contributed by atoms with E-state index in [1.54, 1.807) is 7.11 Å². The Morgan fingerprint density at radius 3 is 3.00 bits per heavy atom. The highest BCUT2D eigenvalue weighted by Gasteiger charge is 2.23. The number of carbonyl (C=O) groups is 1. The van der Waals surface area contributed by atoms with Crippen molar-refractivity contribution >= 4 is 5.78 Å². The normalized spacial score (nSPS) is 21.8. The number of nitrogens with zero attached hydrogens (tertiary/aromatic N) is 1. The maximum absolute atomic E-state index is 11.7. The van der Waals surface area contributed by atoms with E-state index in [0.717, 1.165) is 19.6 Å². The number of methoxy groups -OCH3 is 1. The molecule has 0 amide bonds. The SMILES string of the molecule is COCCN(C)CC(=O)C1CCOC1. The predicted octanol–water partition coefficient (Wildman–Crippen LogP) is 0.170. The van der Waals surface area contributed by atoms with Gasteiger partial charge in [0.2, 0.25) is 0 Å². The second-order valence-electron chi connectivity index (χ2n) is 3.76. The molecule has 0 aliphatic carbocycles. The average molecular weight is 201 g/mol. The van der Waals surface area contributed by atoms with Crippen molar-refractivity contribution in [3.8, 4) is 0 Å². The molecular weight excluding hydrogens is 182 g/mol. The zero-order chi connectivity index (χ0) is 10.4. The van der Waals surface area contributed by atoms with Crippen molar-refractivity contribution < 1.29 is 14.3 Å². The Morgan fingerprint density at radius 1 is 1.64 bits per heavy atom. The summed E-state index contributed by atoms with van der Waals surface area (Å²) in [6, 6.07) is 0. The van der Waals surface area contributed by atoms with Crippen molar-refractivity contribution in [3.05, 3.63) is 0 Å². The number of likely N-dealkylation sites (N-methyl/N-ethyl adjacent to an activating group) is 1. The van der Waals surface area contributed by atoms with E-state index in [9.17, 15) is 4.79 Å². The number of carbonyl (C=O) groups excluding carboxylic acids is 1. The van der Waals surface area contributed by atoms with Gasteiger partial charge in [0.1, 0.15) is 0 Å². The average Bonchev–Trinajstić information content (AvgIpc) is 2.67. The smallest absolute Gasteiger partial charge is 0.152 e. The van der Waals surface area contributed by atoms with E-state index < -0.39 is 0 Å². The van der Waals surface area contributed by atoms with Crippen LogP contribution in [-0.2, 0) is 14.3 Å². The third kappa shape index (κ3) is 3.74. The molecule has 82 valence electrons. The molecule has 1 aliphatic rings. The van der Waals surface area contributed by atoms with Gasteiger partial charge in [-0.25, -0.2) is 0 Å². The van der Waals surface area contributed by atoms with Gasteiger partial charge in [0.25, 0.3) is 0 Å². The van der Waals surface area contributed by atoms with Crippen LogP contribution in [0.2, 0.25) is 0 Å². The molecule has 1 saturated heterocycles. The second-order valence-corrected chi connectivity index (χ2v) is 3.76. The van der Waals surface area contributed by atoms with Crippen molar-refractivity contribution in [3.63, 3.8) is 0 Å². The molecule has 1 aliphatic heterocycles. The Labute approximate surface area is 85.2 Å². The summed E-state index contributed by atoms with van der Waals surface area (Å²) in [7, 11) is 3.60. The standard InChI is InChI=1S/C10H19NO3/c1-11(4-6-13-2)7-10(12)9-3-5-14-8-9/h9H,3-8H2,1-2H3. The van der Waals surface area contributed by atoms with Crippen LogP contribution in [-0.4, -0.2) is 57.8 Å². The molecule has 0 saturated carbocycles. The Morgan fingerprint density at radius 2 is 2.43 bits per heavy atom. The summed E-state index contributed by atoms with van der Waals surface area (Å²) in [5.41, 5.74) is 0. The molecule has 1 rings (SSSR count). The Kier molecular flexibility index (Phi) is 5.07. The number of Topliss-reactive ketones (excluding diaryl/α,β-unsaturated/α-hetero) is 1. The molecular formula is C10H19NO3. The Balaban J connectivity index is 2.18. The molecule has 4 nitrogen and oxygen atoms in total. The van der Waals surface area contributed by atoms with Crippen LogP contribution in [0.1, 0.15) is 6.42 Å². The number of ether oxygens (including phenoxy) is 2. The molecule has 4 heteroatoms. The predicted molar refractivity (Wildman–Crippen MR) is 53.3 cm³/mol. The van der Waals surface area contributed by atoms with Gasteiger partial charge in [0.05, 0.1) is 19.8 Å². The van der Waals surface area contributed by atoms with Crippen LogP contribution in [0.5, 0.6) is 0 Å². The molecule has 1 unspecified atom stereocenters. The summed E-state index contributed by atoms with van der Waals surface area (Å²) in [6.07, 6.45) is 0.886. The number of hydrogen-bond acceptors (Lipinski definition) is 4. The first-order chi connectivity index (χ1) is 6.74. The van der Waals surface area contributed by atoms with Gasteiger partial charge in [-0.2, -0.15) is 0 Å². The van der Waals surface area contributed by atoms with Gasteiger partial charge >= 0.3 is 0 Å². The minimum Gasteiger partial charge on any atom is -0.383 e. The molecule has 14 heavy (non-hydrogen) atoms. The summed E-state index contributed by atoms with van der Waals surface area (Å²) < 4.78 is 10.1. The minimum absolute atomic E-state index is 0.125. The molecule has 0 aromatic rings. The fraction of sp³-hybridized carbons (Fsp3) is 0.900. The van der Waals surface area contributed by atoms with Crippen molar-refractivity contribution in [1.82, 2.24) is 4.90 Å². The molecule has 1 fully saturated rings. The zero-order valence-corrected chi connectivity index (χ0v) is 8.99. The van der Waals surface area contributed by atoms with E-state index in [2.05, 4.69) is 0 Å². The van der Waals surface area contributed by atoms with Crippen LogP contribution in [0.25, 0.3) is 0 Å². The molecule has 0 N–H and O–H groups in total. The number of rotatable bonds is 6. The highest BCUT2D eigenvalue weighted by Crippen LogP contribution is 2.13. The van der Waals surface area contributed by atoms with E-state index >= 15 is 0 Å². The minimum atomic E-state index is 0.125. The molecule has 0 spiro atoms. The zero-order valence-electron chi connectivity index (χ0n) is 8.99. The third-order valence-electron chi connectivity index (χ3n) is 2.49. The van der Waals surface area contributed by atoms with Gasteiger partial charge in [0, 0.05) is 26.2 Å². The van der Waals surface area contributed by atoms with Gasteiger partial charge in [-0.3, -0.25) is 9.69 Å². The largest absolute Gasteiger partial charge is 0.383 e. The van der Waals surface area contributed by atoms with E-state index in [1.165, 1.54) is 0 Å². The Hall–Kier alpha value is -0.450. The Bertz CT molecular complexity index is 178. The fourth-order valence-electron chi connectivity index (χ4n) is 1.51. The summed E-state index contributed by atoms with van der Waals surface area (Å²) in [5.74, 6) is 0.418. The third-order valence-corrected chi connectivity index (χ3v) is 2.49. The summed E-state index contributed by atoms with van der Waals surface area (Å²) in [6.45, 7) is 3.33.